The Kier molecular flexibility index (Phi) is 4.58. The molecule has 0 atom stereocenters. The lowest BCUT2D eigenvalue weighted by molar-refractivity contribution is -0.137. The first-order valence-electron chi connectivity index (χ1n) is 6.94. The summed E-state index contributed by atoms with van der Waals surface area (Å²) in [5.41, 5.74) is -0.658. The van der Waals surface area contributed by atoms with Crippen LogP contribution >= 0.6 is 0 Å². The molecule has 0 spiro atoms. The van der Waals surface area contributed by atoms with E-state index in [4.69, 9.17) is 4.74 Å². The highest BCUT2D eigenvalue weighted by Crippen LogP contribution is 2.32. The van der Waals surface area contributed by atoms with Crippen LogP contribution in [0.1, 0.15) is 32.3 Å². The van der Waals surface area contributed by atoms with Crippen LogP contribution in [-0.4, -0.2) is 30.1 Å². The average Bonchev–Trinajstić information content (AvgIpc) is 2.38. The van der Waals surface area contributed by atoms with Crippen molar-refractivity contribution in [3.63, 3.8) is 0 Å². The molecule has 0 unspecified atom stereocenters. The van der Waals surface area contributed by atoms with Crippen LogP contribution in [0.4, 0.5) is 13.2 Å². The molecule has 0 bridgehead atoms. The van der Waals surface area contributed by atoms with Crippen LogP contribution < -0.4 is 4.74 Å². The number of piperidine rings is 1. The van der Waals surface area contributed by atoms with Crippen LogP contribution in [0, 0.1) is 0 Å². The zero-order valence-electron chi connectivity index (χ0n) is 11.8. The van der Waals surface area contributed by atoms with Gasteiger partial charge in [0.05, 0.1) is 5.56 Å². The van der Waals surface area contributed by atoms with E-state index >= 15 is 0 Å². The maximum absolute atomic E-state index is 12.6. The van der Waals surface area contributed by atoms with Gasteiger partial charge in [-0.3, -0.25) is 0 Å². The summed E-state index contributed by atoms with van der Waals surface area (Å²) < 4.78 is 43.6. The van der Waals surface area contributed by atoms with Crippen LogP contribution in [0.2, 0.25) is 0 Å². The zero-order valence-corrected chi connectivity index (χ0v) is 11.8. The fourth-order valence-corrected chi connectivity index (χ4v) is 2.45. The maximum Gasteiger partial charge on any atom is 0.416 e. The molecular weight excluding hydrogens is 267 g/mol. The SMILES string of the molecule is CC(C)N1CCC(Oc2cccc(C(F)(F)F)c2)CC1. The van der Waals surface area contributed by atoms with Gasteiger partial charge in [0.25, 0.3) is 0 Å². The molecule has 2 rings (SSSR count). The molecule has 1 saturated heterocycles. The molecule has 0 amide bonds. The fourth-order valence-electron chi connectivity index (χ4n) is 2.45. The maximum atomic E-state index is 12.6. The van der Waals surface area contributed by atoms with Crippen molar-refractivity contribution in [1.82, 2.24) is 4.90 Å². The third kappa shape index (κ3) is 3.88. The second-order valence-electron chi connectivity index (χ2n) is 5.47. The Morgan fingerprint density at radius 2 is 1.85 bits per heavy atom. The van der Waals surface area contributed by atoms with Crippen molar-refractivity contribution in [2.75, 3.05) is 13.1 Å². The van der Waals surface area contributed by atoms with Crippen LogP contribution in [0.25, 0.3) is 0 Å². The number of halogens is 3. The van der Waals surface area contributed by atoms with E-state index in [0.29, 0.717) is 11.8 Å². The topological polar surface area (TPSA) is 12.5 Å². The summed E-state index contributed by atoms with van der Waals surface area (Å²) in [5, 5.41) is 0. The molecule has 1 aromatic carbocycles. The minimum Gasteiger partial charge on any atom is -0.490 e. The van der Waals surface area contributed by atoms with Crippen molar-refractivity contribution in [2.24, 2.45) is 0 Å². The van der Waals surface area contributed by atoms with E-state index in [0.717, 1.165) is 38.1 Å². The Hall–Kier alpha value is -1.23. The van der Waals surface area contributed by atoms with Gasteiger partial charge in [-0.2, -0.15) is 13.2 Å². The van der Waals surface area contributed by atoms with Gasteiger partial charge in [0.1, 0.15) is 11.9 Å². The molecule has 0 aromatic heterocycles. The molecule has 1 aromatic rings. The quantitative estimate of drug-likeness (QED) is 0.834. The summed E-state index contributed by atoms with van der Waals surface area (Å²) in [6, 6.07) is 5.62. The third-order valence-corrected chi connectivity index (χ3v) is 3.67. The van der Waals surface area contributed by atoms with Crippen molar-refractivity contribution in [3.8, 4) is 5.75 Å². The lowest BCUT2D eigenvalue weighted by atomic mass is 10.1. The average molecular weight is 287 g/mol. The van der Waals surface area contributed by atoms with Crippen molar-refractivity contribution in [2.45, 2.75) is 45.0 Å². The predicted molar refractivity (Wildman–Crippen MR) is 71.8 cm³/mol. The number of nitrogens with zero attached hydrogens (tertiary/aromatic N) is 1. The molecule has 1 heterocycles. The van der Waals surface area contributed by atoms with Gasteiger partial charge in [-0.15, -0.1) is 0 Å². The highest BCUT2D eigenvalue weighted by molar-refractivity contribution is 5.30. The van der Waals surface area contributed by atoms with Crippen molar-refractivity contribution < 1.29 is 17.9 Å². The molecule has 0 aliphatic carbocycles. The third-order valence-electron chi connectivity index (χ3n) is 3.67. The summed E-state index contributed by atoms with van der Waals surface area (Å²) in [7, 11) is 0. The van der Waals surface area contributed by atoms with E-state index in [1.54, 1.807) is 6.07 Å². The Labute approximate surface area is 117 Å². The molecule has 1 aliphatic heterocycles. The molecule has 2 nitrogen and oxygen atoms in total. The lowest BCUT2D eigenvalue weighted by Crippen LogP contribution is -2.41. The number of likely N-dealkylation sites (tertiary alicyclic amines) is 1. The van der Waals surface area contributed by atoms with Crippen LogP contribution in [-0.2, 0) is 6.18 Å². The molecule has 5 heteroatoms. The second-order valence-corrected chi connectivity index (χ2v) is 5.47. The summed E-state index contributed by atoms with van der Waals surface area (Å²) >= 11 is 0. The van der Waals surface area contributed by atoms with E-state index in [1.807, 2.05) is 0 Å². The first-order valence-corrected chi connectivity index (χ1v) is 6.94. The number of rotatable bonds is 3. The number of hydrogen-bond acceptors (Lipinski definition) is 2. The summed E-state index contributed by atoms with van der Waals surface area (Å²) in [4.78, 5) is 2.35. The second kappa shape index (κ2) is 6.04. The summed E-state index contributed by atoms with van der Waals surface area (Å²) in [5.74, 6) is 0.308. The number of benzene rings is 1. The normalized spacial score (nSPS) is 18.5. The number of alkyl halides is 3. The molecule has 20 heavy (non-hydrogen) atoms. The van der Waals surface area contributed by atoms with E-state index in [1.165, 1.54) is 6.07 Å². The number of ether oxygens (including phenoxy) is 1. The Morgan fingerprint density at radius 3 is 2.40 bits per heavy atom. The predicted octanol–water partition coefficient (Wildman–Crippen LogP) is 3.96. The highest BCUT2D eigenvalue weighted by Gasteiger charge is 2.31. The first-order chi connectivity index (χ1) is 9.36. The monoisotopic (exact) mass is 287 g/mol. The van der Waals surface area contributed by atoms with E-state index in [2.05, 4.69) is 18.7 Å². The van der Waals surface area contributed by atoms with E-state index < -0.39 is 11.7 Å². The van der Waals surface area contributed by atoms with E-state index in [9.17, 15) is 13.2 Å². The number of hydrogen-bond donors (Lipinski definition) is 0. The lowest BCUT2D eigenvalue weighted by Gasteiger charge is -2.34. The van der Waals surface area contributed by atoms with Gasteiger partial charge >= 0.3 is 6.18 Å². The first kappa shape index (κ1) is 15.2. The molecule has 112 valence electrons. The Morgan fingerprint density at radius 1 is 1.20 bits per heavy atom. The molecule has 1 fully saturated rings. The highest BCUT2D eigenvalue weighted by atomic mass is 19.4. The van der Waals surface area contributed by atoms with Crippen molar-refractivity contribution in [1.29, 1.82) is 0 Å². The molecule has 0 saturated carbocycles. The van der Waals surface area contributed by atoms with Crippen LogP contribution in [0.15, 0.2) is 24.3 Å². The van der Waals surface area contributed by atoms with Gasteiger partial charge in [0.15, 0.2) is 0 Å². The van der Waals surface area contributed by atoms with Gasteiger partial charge in [0.2, 0.25) is 0 Å². The smallest absolute Gasteiger partial charge is 0.416 e. The molecule has 0 radical (unpaired) electrons. The summed E-state index contributed by atoms with van der Waals surface area (Å²) in [6.07, 6.45) is -2.60. The van der Waals surface area contributed by atoms with Gasteiger partial charge < -0.3 is 9.64 Å². The van der Waals surface area contributed by atoms with Crippen molar-refractivity contribution >= 4 is 0 Å². The molecular formula is C15H20F3NO. The van der Waals surface area contributed by atoms with Gasteiger partial charge in [-0.25, -0.2) is 0 Å². The minimum absolute atomic E-state index is 0.00786. The van der Waals surface area contributed by atoms with Crippen LogP contribution in [0.3, 0.4) is 0 Å². The van der Waals surface area contributed by atoms with E-state index in [-0.39, 0.29) is 6.10 Å². The van der Waals surface area contributed by atoms with Gasteiger partial charge in [-0.05, 0) is 44.9 Å². The van der Waals surface area contributed by atoms with Gasteiger partial charge in [-0.1, -0.05) is 6.07 Å². The Bertz CT molecular complexity index is 437. The fraction of sp³-hybridized carbons (Fsp3) is 0.600. The zero-order chi connectivity index (χ0) is 14.8. The van der Waals surface area contributed by atoms with Gasteiger partial charge in [0, 0.05) is 19.1 Å². The molecule has 1 aliphatic rings. The van der Waals surface area contributed by atoms with Crippen molar-refractivity contribution in [3.05, 3.63) is 29.8 Å². The minimum atomic E-state index is -4.32. The van der Waals surface area contributed by atoms with Crippen LogP contribution in [0.5, 0.6) is 5.75 Å². The standard InChI is InChI=1S/C15H20F3NO/c1-11(2)19-8-6-13(7-9-19)20-14-5-3-4-12(10-14)15(16,17)18/h3-5,10-11,13H,6-9H2,1-2H3. The Balaban J connectivity index is 1.95. The molecule has 0 N–H and O–H groups in total. The summed E-state index contributed by atoms with van der Waals surface area (Å²) in [6.45, 7) is 6.16. The largest absolute Gasteiger partial charge is 0.490 e.